The smallest absolute Gasteiger partial charge is 0.280 e. The lowest BCUT2D eigenvalue weighted by Crippen LogP contribution is -2.29. The first-order valence-corrected chi connectivity index (χ1v) is 5.73. The van der Waals surface area contributed by atoms with Crippen molar-refractivity contribution in [2.75, 3.05) is 18.5 Å². The predicted molar refractivity (Wildman–Crippen MR) is 63.9 cm³/mol. The number of rotatable bonds is 1. The molecule has 0 saturated heterocycles. The SMILES string of the molecule is CN1CCCCn2c(Cl)nc(=O)c(CN)c21. The minimum absolute atomic E-state index is 0.197. The van der Waals surface area contributed by atoms with Crippen molar-refractivity contribution in [3.05, 3.63) is 21.2 Å². The average Bonchev–Trinajstić information content (AvgIpc) is 2.42. The first kappa shape index (κ1) is 11.4. The topological polar surface area (TPSA) is 64.2 Å². The highest BCUT2D eigenvalue weighted by Crippen LogP contribution is 2.23. The second-order valence-electron chi connectivity index (χ2n) is 3.97. The van der Waals surface area contributed by atoms with Crippen LogP contribution in [0, 0.1) is 0 Å². The van der Waals surface area contributed by atoms with Gasteiger partial charge in [0, 0.05) is 26.7 Å². The second-order valence-corrected chi connectivity index (χ2v) is 4.31. The molecule has 16 heavy (non-hydrogen) atoms. The Morgan fingerprint density at radius 3 is 2.81 bits per heavy atom. The van der Waals surface area contributed by atoms with Gasteiger partial charge in [-0.3, -0.25) is 4.79 Å². The van der Waals surface area contributed by atoms with E-state index in [-0.39, 0.29) is 17.4 Å². The van der Waals surface area contributed by atoms with E-state index in [0.717, 1.165) is 31.7 Å². The van der Waals surface area contributed by atoms with E-state index in [0.29, 0.717) is 5.56 Å². The molecule has 6 heteroatoms. The van der Waals surface area contributed by atoms with Crippen molar-refractivity contribution >= 4 is 17.4 Å². The third-order valence-electron chi connectivity index (χ3n) is 2.89. The fourth-order valence-electron chi connectivity index (χ4n) is 2.10. The van der Waals surface area contributed by atoms with Crippen molar-refractivity contribution in [1.82, 2.24) is 9.55 Å². The third-order valence-corrected chi connectivity index (χ3v) is 3.18. The number of nitrogens with zero attached hydrogens (tertiary/aromatic N) is 3. The molecule has 0 atom stereocenters. The molecule has 1 aliphatic rings. The third kappa shape index (κ3) is 1.81. The Morgan fingerprint density at radius 2 is 2.12 bits per heavy atom. The van der Waals surface area contributed by atoms with Crippen molar-refractivity contribution < 1.29 is 0 Å². The molecule has 1 aliphatic heterocycles. The standard InChI is InChI=1S/C10H15ClN4O/c1-14-4-2-3-5-15-9(14)7(6-12)8(16)13-10(15)11/h2-6,12H2,1H3. The number of hydrogen-bond donors (Lipinski definition) is 1. The summed E-state index contributed by atoms with van der Waals surface area (Å²) in [5.74, 6) is 0.824. The van der Waals surface area contributed by atoms with E-state index < -0.39 is 0 Å². The molecule has 88 valence electrons. The molecule has 0 fully saturated rings. The lowest BCUT2D eigenvalue weighted by atomic mass is 10.3. The van der Waals surface area contributed by atoms with E-state index in [2.05, 4.69) is 4.98 Å². The molecule has 0 unspecified atom stereocenters. The van der Waals surface area contributed by atoms with Crippen molar-refractivity contribution in [1.29, 1.82) is 0 Å². The van der Waals surface area contributed by atoms with Crippen LogP contribution in [0.3, 0.4) is 0 Å². The van der Waals surface area contributed by atoms with E-state index in [1.165, 1.54) is 0 Å². The zero-order valence-corrected chi connectivity index (χ0v) is 10.00. The van der Waals surface area contributed by atoms with Crippen LogP contribution in [0.4, 0.5) is 5.82 Å². The van der Waals surface area contributed by atoms with E-state index >= 15 is 0 Å². The van der Waals surface area contributed by atoms with Crippen LogP contribution in [-0.2, 0) is 13.1 Å². The maximum absolute atomic E-state index is 11.7. The maximum Gasteiger partial charge on any atom is 0.280 e. The molecule has 2 rings (SSSR count). The minimum atomic E-state index is -0.312. The molecule has 0 saturated carbocycles. The van der Waals surface area contributed by atoms with E-state index in [9.17, 15) is 4.79 Å². The average molecular weight is 243 g/mol. The van der Waals surface area contributed by atoms with Crippen molar-refractivity contribution in [2.45, 2.75) is 25.9 Å². The molecule has 2 N–H and O–H groups in total. The molecule has 1 aromatic heterocycles. The second kappa shape index (κ2) is 4.43. The first-order valence-electron chi connectivity index (χ1n) is 5.35. The monoisotopic (exact) mass is 242 g/mol. The highest BCUT2D eigenvalue weighted by atomic mass is 35.5. The van der Waals surface area contributed by atoms with Gasteiger partial charge in [0.1, 0.15) is 5.82 Å². The summed E-state index contributed by atoms with van der Waals surface area (Å²) in [4.78, 5) is 17.5. The van der Waals surface area contributed by atoms with Crippen molar-refractivity contribution in [2.24, 2.45) is 5.73 Å². The van der Waals surface area contributed by atoms with Crippen LogP contribution in [-0.4, -0.2) is 23.1 Å². The van der Waals surface area contributed by atoms with Crippen LogP contribution < -0.4 is 16.2 Å². The summed E-state index contributed by atoms with van der Waals surface area (Å²) in [6, 6.07) is 0. The summed E-state index contributed by atoms with van der Waals surface area (Å²) in [5, 5.41) is 0.256. The summed E-state index contributed by atoms with van der Waals surface area (Å²) < 4.78 is 1.87. The Morgan fingerprint density at radius 1 is 1.44 bits per heavy atom. The number of aromatic nitrogens is 2. The Labute approximate surface area is 98.8 Å². The van der Waals surface area contributed by atoms with Crippen LogP contribution >= 0.6 is 11.6 Å². The summed E-state index contributed by atoms with van der Waals surface area (Å²) in [6.45, 7) is 1.90. The maximum atomic E-state index is 11.7. The lowest BCUT2D eigenvalue weighted by Gasteiger charge is -2.23. The van der Waals surface area contributed by atoms with Gasteiger partial charge in [-0.05, 0) is 24.4 Å². The van der Waals surface area contributed by atoms with Crippen LogP contribution in [0.25, 0.3) is 0 Å². The minimum Gasteiger partial charge on any atom is -0.361 e. The summed E-state index contributed by atoms with van der Waals surface area (Å²) in [5.41, 5.74) is 5.85. The van der Waals surface area contributed by atoms with Gasteiger partial charge in [-0.1, -0.05) is 0 Å². The summed E-state index contributed by atoms with van der Waals surface area (Å²) >= 11 is 6.00. The van der Waals surface area contributed by atoms with Gasteiger partial charge in [-0.2, -0.15) is 4.98 Å². The number of anilines is 1. The van der Waals surface area contributed by atoms with Crippen molar-refractivity contribution in [3.8, 4) is 0 Å². The van der Waals surface area contributed by atoms with Crippen molar-refractivity contribution in [3.63, 3.8) is 0 Å². The van der Waals surface area contributed by atoms with Gasteiger partial charge in [-0.15, -0.1) is 0 Å². The number of nitrogens with two attached hydrogens (primary N) is 1. The van der Waals surface area contributed by atoms with E-state index in [1.54, 1.807) is 0 Å². The molecular weight excluding hydrogens is 228 g/mol. The Balaban J connectivity index is 2.69. The number of halogens is 1. The molecule has 5 nitrogen and oxygen atoms in total. The Bertz CT molecular complexity index is 457. The van der Waals surface area contributed by atoms with Gasteiger partial charge >= 0.3 is 0 Å². The van der Waals surface area contributed by atoms with Gasteiger partial charge in [0.05, 0.1) is 5.56 Å². The zero-order chi connectivity index (χ0) is 11.7. The highest BCUT2D eigenvalue weighted by molar-refractivity contribution is 6.28. The predicted octanol–water partition coefficient (Wildman–Crippen LogP) is 0.585. The van der Waals surface area contributed by atoms with E-state index in [4.69, 9.17) is 17.3 Å². The zero-order valence-electron chi connectivity index (χ0n) is 9.24. The number of fused-ring (bicyclic) bond motifs is 1. The van der Waals surface area contributed by atoms with Gasteiger partial charge in [-0.25, -0.2) is 0 Å². The summed E-state index contributed by atoms with van der Waals surface area (Å²) in [7, 11) is 1.95. The van der Waals surface area contributed by atoms with Gasteiger partial charge in [0.2, 0.25) is 5.28 Å². The molecule has 1 aromatic rings. The molecular formula is C10H15ClN4O. The van der Waals surface area contributed by atoms with Gasteiger partial charge in [0.25, 0.3) is 5.56 Å². The molecule has 2 heterocycles. The van der Waals surface area contributed by atoms with Crippen LogP contribution in [0.2, 0.25) is 5.28 Å². The fraction of sp³-hybridized carbons (Fsp3) is 0.600. The quantitative estimate of drug-likeness (QED) is 0.732. The number of hydrogen-bond acceptors (Lipinski definition) is 4. The normalized spacial score (nSPS) is 15.8. The van der Waals surface area contributed by atoms with Crippen LogP contribution in [0.15, 0.2) is 4.79 Å². The van der Waals surface area contributed by atoms with Gasteiger partial charge in [0.15, 0.2) is 0 Å². The van der Waals surface area contributed by atoms with E-state index in [1.807, 2.05) is 16.5 Å². The fourth-order valence-corrected chi connectivity index (χ4v) is 2.34. The Kier molecular flexibility index (Phi) is 3.16. The summed E-state index contributed by atoms with van der Waals surface area (Å²) in [6.07, 6.45) is 2.11. The molecule has 0 radical (unpaired) electrons. The molecule has 0 aliphatic carbocycles. The lowest BCUT2D eigenvalue weighted by molar-refractivity contribution is 0.639. The molecule has 0 spiro atoms. The highest BCUT2D eigenvalue weighted by Gasteiger charge is 2.20. The molecule has 0 amide bonds. The molecule has 0 aromatic carbocycles. The van der Waals surface area contributed by atoms with Gasteiger partial charge < -0.3 is 15.2 Å². The largest absolute Gasteiger partial charge is 0.361 e. The first-order chi connectivity index (χ1) is 7.65. The van der Waals surface area contributed by atoms with Crippen LogP contribution in [0.1, 0.15) is 18.4 Å². The molecule has 0 bridgehead atoms. The van der Waals surface area contributed by atoms with Crippen LogP contribution in [0.5, 0.6) is 0 Å². The Hall–Kier alpha value is -1.07.